The van der Waals surface area contributed by atoms with E-state index in [1.165, 1.54) is 4.88 Å². The number of anilines is 1. The van der Waals surface area contributed by atoms with Gasteiger partial charge >= 0.3 is 0 Å². The van der Waals surface area contributed by atoms with Crippen molar-refractivity contribution in [1.29, 1.82) is 0 Å². The summed E-state index contributed by atoms with van der Waals surface area (Å²) in [5.74, 6) is 0.0000993. The normalized spacial score (nSPS) is 13.1. The highest BCUT2D eigenvalue weighted by atomic mass is 32.1. The van der Waals surface area contributed by atoms with Crippen LogP contribution in [0.1, 0.15) is 39.2 Å². The zero-order valence-corrected chi connectivity index (χ0v) is 18.0. The summed E-state index contributed by atoms with van der Waals surface area (Å²) in [7, 11) is 0. The number of fused-ring (bicyclic) bond motifs is 3. The predicted molar refractivity (Wildman–Crippen MR) is 124 cm³/mol. The molecule has 0 atom stereocenters. The SMILES string of the molecule is Cc1ccc(-n2c(NNC(=O)c3ccccc3)nc3sc4c(c3c2=O)CCCC4)cc1. The molecule has 5 rings (SSSR count). The van der Waals surface area contributed by atoms with Crippen LogP contribution in [0.3, 0.4) is 0 Å². The van der Waals surface area contributed by atoms with Gasteiger partial charge in [0.1, 0.15) is 4.83 Å². The van der Waals surface area contributed by atoms with Crippen molar-refractivity contribution >= 4 is 33.4 Å². The van der Waals surface area contributed by atoms with Gasteiger partial charge in [-0.3, -0.25) is 20.4 Å². The number of amides is 1. The van der Waals surface area contributed by atoms with Gasteiger partial charge in [0.25, 0.3) is 11.5 Å². The van der Waals surface area contributed by atoms with Crippen LogP contribution in [-0.4, -0.2) is 15.5 Å². The van der Waals surface area contributed by atoms with Crippen LogP contribution in [0.2, 0.25) is 0 Å². The van der Waals surface area contributed by atoms with E-state index in [2.05, 4.69) is 10.9 Å². The molecule has 1 aliphatic carbocycles. The number of carbonyl (C=O) groups excluding carboxylic acids is 1. The first-order valence-corrected chi connectivity index (χ1v) is 11.2. The molecule has 0 saturated heterocycles. The largest absolute Gasteiger partial charge is 0.269 e. The van der Waals surface area contributed by atoms with Gasteiger partial charge in [-0.05, 0) is 62.4 Å². The molecule has 156 valence electrons. The summed E-state index contributed by atoms with van der Waals surface area (Å²) in [6, 6.07) is 16.6. The molecule has 0 spiro atoms. The van der Waals surface area contributed by atoms with E-state index in [0.29, 0.717) is 22.6 Å². The van der Waals surface area contributed by atoms with Crippen molar-refractivity contribution in [2.24, 2.45) is 0 Å². The molecule has 1 aliphatic rings. The Morgan fingerprint density at radius 3 is 2.55 bits per heavy atom. The molecule has 2 heterocycles. The molecule has 0 fully saturated rings. The summed E-state index contributed by atoms with van der Waals surface area (Å²) in [5.41, 5.74) is 8.95. The number of rotatable bonds is 4. The third kappa shape index (κ3) is 3.61. The Morgan fingerprint density at radius 1 is 1.03 bits per heavy atom. The number of thiophene rings is 1. The molecule has 0 radical (unpaired) electrons. The van der Waals surface area contributed by atoms with E-state index in [1.807, 2.05) is 37.3 Å². The van der Waals surface area contributed by atoms with Crippen LogP contribution in [-0.2, 0) is 12.8 Å². The fourth-order valence-electron chi connectivity index (χ4n) is 4.00. The Kier molecular flexibility index (Phi) is 5.03. The molecule has 31 heavy (non-hydrogen) atoms. The molecule has 1 amide bonds. The third-order valence-corrected chi connectivity index (χ3v) is 6.79. The van der Waals surface area contributed by atoms with E-state index in [-0.39, 0.29) is 11.5 Å². The molecular weight excluding hydrogens is 408 g/mol. The van der Waals surface area contributed by atoms with Gasteiger partial charge in [0, 0.05) is 10.4 Å². The van der Waals surface area contributed by atoms with E-state index >= 15 is 0 Å². The second kappa shape index (κ2) is 8.00. The molecule has 2 aromatic carbocycles. The van der Waals surface area contributed by atoms with E-state index in [0.717, 1.165) is 41.6 Å². The topological polar surface area (TPSA) is 76.0 Å². The second-order valence-corrected chi connectivity index (χ2v) is 8.83. The minimum atomic E-state index is -0.295. The first-order chi connectivity index (χ1) is 15.1. The summed E-state index contributed by atoms with van der Waals surface area (Å²) in [5, 5.41) is 0.709. The Labute approximate surface area is 183 Å². The summed E-state index contributed by atoms with van der Waals surface area (Å²) in [6.45, 7) is 2.00. The van der Waals surface area contributed by atoms with Crippen LogP contribution in [0, 0.1) is 6.92 Å². The lowest BCUT2D eigenvalue weighted by Crippen LogP contribution is -2.34. The lowest BCUT2D eigenvalue weighted by Gasteiger charge is -2.15. The number of aromatic nitrogens is 2. The van der Waals surface area contributed by atoms with Gasteiger partial charge in [-0.25, -0.2) is 9.55 Å². The quantitative estimate of drug-likeness (QED) is 0.471. The highest BCUT2D eigenvalue weighted by Crippen LogP contribution is 2.34. The number of benzene rings is 2. The summed E-state index contributed by atoms with van der Waals surface area (Å²) in [6.07, 6.45) is 4.14. The Hall–Kier alpha value is -3.45. The highest BCUT2D eigenvalue weighted by Gasteiger charge is 2.23. The summed E-state index contributed by atoms with van der Waals surface area (Å²) >= 11 is 1.59. The number of hydrogen-bond donors (Lipinski definition) is 2. The van der Waals surface area contributed by atoms with Crippen LogP contribution in [0.25, 0.3) is 15.9 Å². The first kappa shape index (κ1) is 19.5. The van der Waals surface area contributed by atoms with Crippen molar-refractivity contribution in [2.75, 3.05) is 5.43 Å². The monoisotopic (exact) mass is 430 g/mol. The molecule has 7 heteroatoms. The van der Waals surface area contributed by atoms with Gasteiger partial charge in [-0.2, -0.15) is 0 Å². The zero-order valence-electron chi connectivity index (χ0n) is 17.1. The van der Waals surface area contributed by atoms with Gasteiger partial charge in [0.05, 0.1) is 11.1 Å². The molecule has 0 bridgehead atoms. The molecule has 6 nitrogen and oxygen atoms in total. The number of hydrazine groups is 1. The third-order valence-electron chi connectivity index (χ3n) is 5.60. The molecule has 4 aromatic rings. The molecule has 0 unspecified atom stereocenters. The van der Waals surface area contributed by atoms with E-state index in [4.69, 9.17) is 4.98 Å². The van der Waals surface area contributed by atoms with E-state index in [9.17, 15) is 9.59 Å². The van der Waals surface area contributed by atoms with E-state index in [1.54, 1.807) is 40.2 Å². The summed E-state index contributed by atoms with van der Waals surface area (Å²) in [4.78, 5) is 32.9. The molecule has 2 aromatic heterocycles. The van der Waals surface area contributed by atoms with Gasteiger partial charge in [-0.15, -0.1) is 11.3 Å². The Balaban J connectivity index is 1.61. The number of aryl methyl sites for hydroxylation is 3. The maximum atomic E-state index is 13.7. The number of hydrogen-bond acceptors (Lipinski definition) is 5. The van der Waals surface area contributed by atoms with Crippen LogP contribution < -0.4 is 16.4 Å². The minimum absolute atomic E-state index is 0.107. The fraction of sp³-hybridized carbons (Fsp3) is 0.208. The average Bonchev–Trinajstić information content (AvgIpc) is 3.17. The summed E-state index contributed by atoms with van der Waals surface area (Å²) < 4.78 is 1.55. The van der Waals surface area contributed by atoms with Gasteiger partial charge < -0.3 is 0 Å². The smallest absolute Gasteiger partial charge is 0.268 e. The van der Waals surface area contributed by atoms with Gasteiger partial charge in [-0.1, -0.05) is 35.9 Å². The van der Waals surface area contributed by atoms with Crippen molar-refractivity contribution in [1.82, 2.24) is 15.0 Å². The second-order valence-electron chi connectivity index (χ2n) is 7.75. The molecule has 2 N–H and O–H groups in total. The van der Waals surface area contributed by atoms with Crippen molar-refractivity contribution in [3.63, 3.8) is 0 Å². The zero-order chi connectivity index (χ0) is 21.4. The first-order valence-electron chi connectivity index (χ1n) is 10.4. The minimum Gasteiger partial charge on any atom is -0.268 e. The molecule has 0 aliphatic heterocycles. The van der Waals surface area contributed by atoms with Crippen molar-refractivity contribution < 1.29 is 4.79 Å². The maximum absolute atomic E-state index is 13.7. The fourth-order valence-corrected chi connectivity index (χ4v) is 5.25. The highest BCUT2D eigenvalue weighted by molar-refractivity contribution is 7.18. The Morgan fingerprint density at radius 2 is 1.77 bits per heavy atom. The van der Waals surface area contributed by atoms with Crippen LogP contribution in [0.15, 0.2) is 59.4 Å². The van der Waals surface area contributed by atoms with Gasteiger partial charge in [0.2, 0.25) is 5.95 Å². The van der Waals surface area contributed by atoms with Crippen LogP contribution in [0.5, 0.6) is 0 Å². The van der Waals surface area contributed by atoms with Crippen LogP contribution >= 0.6 is 11.3 Å². The molecular formula is C24H22N4O2S. The number of nitrogens with zero attached hydrogens (tertiary/aromatic N) is 2. The number of nitrogens with one attached hydrogen (secondary N) is 2. The lowest BCUT2D eigenvalue weighted by molar-refractivity contribution is 0.0962. The average molecular weight is 431 g/mol. The van der Waals surface area contributed by atoms with Gasteiger partial charge in [0.15, 0.2) is 0 Å². The van der Waals surface area contributed by atoms with E-state index < -0.39 is 0 Å². The number of carbonyl (C=O) groups is 1. The Bertz CT molecular complexity index is 1320. The maximum Gasteiger partial charge on any atom is 0.269 e. The standard InChI is InChI=1S/C24H22N4O2S/c1-15-11-13-17(14-12-15)28-23(30)20-18-9-5-6-10-19(18)31-22(20)25-24(28)27-26-21(29)16-7-3-2-4-8-16/h2-4,7-8,11-14H,5-6,9-10H2,1H3,(H,25,27)(H,26,29). The van der Waals surface area contributed by atoms with Crippen molar-refractivity contribution in [2.45, 2.75) is 32.6 Å². The van der Waals surface area contributed by atoms with Crippen molar-refractivity contribution in [3.05, 3.63) is 86.5 Å². The molecule has 0 saturated carbocycles. The van der Waals surface area contributed by atoms with Crippen LogP contribution in [0.4, 0.5) is 5.95 Å². The lowest BCUT2D eigenvalue weighted by atomic mass is 9.97. The van der Waals surface area contributed by atoms with Crippen molar-refractivity contribution in [3.8, 4) is 5.69 Å². The predicted octanol–water partition coefficient (Wildman–Crippen LogP) is 4.39.